The van der Waals surface area contributed by atoms with Gasteiger partial charge in [0, 0.05) is 0 Å². The highest BCUT2D eigenvalue weighted by Crippen LogP contribution is 2.59. The van der Waals surface area contributed by atoms with Crippen molar-refractivity contribution in [1.29, 1.82) is 0 Å². The van der Waals surface area contributed by atoms with Gasteiger partial charge >= 0.3 is 0 Å². The third kappa shape index (κ3) is 0.976. The van der Waals surface area contributed by atoms with Crippen LogP contribution in [-0.2, 0) is 9.53 Å². The maximum absolute atomic E-state index is 10.3. The molecule has 0 aromatic rings. The summed E-state index contributed by atoms with van der Waals surface area (Å²) in [7, 11) is 0. The summed E-state index contributed by atoms with van der Waals surface area (Å²) in [5.74, 6) is 3.52. The first kappa shape index (κ1) is 7.84. The molecule has 0 saturated heterocycles. The van der Waals surface area contributed by atoms with Gasteiger partial charge in [0.2, 0.25) is 0 Å². The van der Waals surface area contributed by atoms with Crippen LogP contribution in [0.1, 0.15) is 32.1 Å². The summed E-state index contributed by atoms with van der Waals surface area (Å²) < 4.78 is 5.16. The first-order chi connectivity index (χ1) is 6.40. The Morgan fingerprint density at radius 1 is 1.08 bits per heavy atom. The largest absolute Gasteiger partial charge is 0.464 e. The predicted octanol–water partition coefficient (Wildman–Crippen LogP) is 1.98. The van der Waals surface area contributed by atoms with Gasteiger partial charge in [-0.05, 0) is 49.4 Å². The van der Waals surface area contributed by atoms with E-state index >= 15 is 0 Å². The molecule has 0 amide bonds. The van der Waals surface area contributed by atoms with Crippen LogP contribution in [0.3, 0.4) is 0 Å². The fourth-order valence-electron chi connectivity index (χ4n) is 4.23. The zero-order valence-corrected chi connectivity index (χ0v) is 7.82. The molecule has 13 heavy (non-hydrogen) atoms. The second kappa shape index (κ2) is 2.73. The fraction of sp³-hybridized carbons (Fsp3) is 0.909. The van der Waals surface area contributed by atoms with Crippen molar-refractivity contribution in [2.45, 2.75) is 38.2 Å². The first-order valence-corrected chi connectivity index (χ1v) is 5.49. The molecule has 0 unspecified atom stereocenters. The van der Waals surface area contributed by atoms with Crippen LogP contribution in [0.25, 0.3) is 0 Å². The summed E-state index contributed by atoms with van der Waals surface area (Å²) in [5, 5.41) is 0. The van der Waals surface area contributed by atoms with E-state index in [1.807, 2.05) is 0 Å². The van der Waals surface area contributed by atoms with Crippen LogP contribution in [0.2, 0.25) is 0 Å². The number of rotatable bonds is 2. The van der Waals surface area contributed by atoms with Crippen molar-refractivity contribution in [3.63, 3.8) is 0 Å². The lowest BCUT2D eigenvalue weighted by atomic mass is 9.80. The highest BCUT2D eigenvalue weighted by Gasteiger charge is 2.54. The normalized spacial score (nSPS) is 52.2. The number of carbonyl (C=O) groups excluding carboxylic acids is 1. The van der Waals surface area contributed by atoms with E-state index in [0.29, 0.717) is 6.47 Å². The molecule has 0 aromatic carbocycles. The average Bonchev–Trinajstić information content (AvgIpc) is 2.72. The SMILES string of the molecule is O=CO[C@@H]1C[C@H]2C[C@H]1[C@@H]1CCC[C@H]21. The van der Waals surface area contributed by atoms with E-state index in [9.17, 15) is 4.79 Å². The van der Waals surface area contributed by atoms with E-state index in [4.69, 9.17) is 4.74 Å². The smallest absolute Gasteiger partial charge is 0.293 e. The lowest BCUT2D eigenvalue weighted by Gasteiger charge is -2.30. The molecule has 0 aromatic heterocycles. The zero-order valence-electron chi connectivity index (χ0n) is 7.82. The third-order valence-electron chi connectivity index (χ3n) is 4.60. The van der Waals surface area contributed by atoms with Gasteiger partial charge in [0.15, 0.2) is 0 Å². The van der Waals surface area contributed by atoms with Crippen LogP contribution in [0.4, 0.5) is 0 Å². The molecule has 2 heteroatoms. The second-order valence-electron chi connectivity index (χ2n) is 4.92. The summed E-state index contributed by atoms with van der Waals surface area (Å²) in [5.41, 5.74) is 0. The highest BCUT2D eigenvalue weighted by molar-refractivity contribution is 5.38. The molecule has 72 valence electrons. The Hall–Kier alpha value is -0.530. The second-order valence-corrected chi connectivity index (χ2v) is 4.92. The summed E-state index contributed by atoms with van der Waals surface area (Å²) in [4.78, 5) is 10.3. The van der Waals surface area contributed by atoms with Crippen LogP contribution >= 0.6 is 0 Å². The van der Waals surface area contributed by atoms with E-state index < -0.39 is 0 Å². The van der Waals surface area contributed by atoms with Crippen LogP contribution in [-0.4, -0.2) is 12.6 Å². The Bertz CT molecular complexity index is 226. The standard InChI is InChI=1S/C11H16O2/c12-6-13-11-5-7-4-10(11)9-3-1-2-8(7)9/h6-11H,1-5H2/t7-,8-,9-,10+,11-/m1/s1. The van der Waals surface area contributed by atoms with Crippen molar-refractivity contribution in [1.82, 2.24) is 0 Å². The van der Waals surface area contributed by atoms with E-state index in [1.165, 1.54) is 25.7 Å². The number of hydrogen-bond donors (Lipinski definition) is 0. The molecule has 5 atom stereocenters. The van der Waals surface area contributed by atoms with Gasteiger partial charge in [-0.1, -0.05) is 6.42 Å². The molecule has 3 aliphatic rings. The monoisotopic (exact) mass is 180 g/mol. The maximum Gasteiger partial charge on any atom is 0.293 e. The molecule has 3 saturated carbocycles. The average molecular weight is 180 g/mol. The van der Waals surface area contributed by atoms with Crippen molar-refractivity contribution in [3.8, 4) is 0 Å². The molecule has 2 nitrogen and oxygen atoms in total. The third-order valence-corrected chi connectivity index (χ3v) is 4.60. The zero-order chi connectivity index (χ0) is 8.84. The van der Waals surface area contributed by atoms with E-state index in [1.54, 1.807) is 0 Å². The van der Waals surface area contributed by atoms with Gasteiger partial charge in [-0.2, -0.15) is 0 Å². The fourth-order valence-corrected chi connectivity index (χ4v) is 4.23. The summed E-state index contributed by atoms with van der Waals surface area (Å²) in [6.45, 7) is 0.648. The highest BCUT2D eigenvalue weighted by atomic mass is 16.5. The molecule has 3 fully saturated rings. The van der Waals surface area contributed by atoms with E-state index in [0.717, 1.165) is 30.1 Å². The van der Waals surface area contributed by atoms with Gasteiger partial charge in [0.05, 0.1) is 0 Å². The van der Waals surface area contributed by atoms with Gasteiger partial charge in [-0.15, -0.1) is 0 Å². The van der Waals surface area contributed by atoms with Crippen LogP contribution < -0.4 is 0 Å². The van der Waals surface area contributed by atoms with Crippen molar-refractivity contribution in [2.24, 2.45) is 23.7 Å². The van der Waals surface area contributed by atoms with Gasteiger partial charge in [0.1, 0.15) is 6.10 Å². The van der Waals surface area contributed by atoms with Crippen molar-refractivity contribution in [3.05, 3.63) is 0 Å². The molecule has 3 aliphatic carbocycles. The van der Waals surface area contributed by atoms with Crippen LogP contribution in [0.15, 0.2) is 0 Å². The first-order valence-electron chi connectivity index (χ1n) is 5.49. The minimum atomic E-state index is 0.279. The Kier molecular flexibility index (Phi) is 1.64. The van der Waals surface area contributed by atoms with Gasteiger partial charge < -0.3 is 4.74 Å². The Morgan fingerprint density at radius 3 is 2.77 bits per heavy atom. The Morgan fingerprint density at radius 2 is 1.92 bits per heavy atom. The minimum Gasteiger partial charge on any atom is -0.464 e. The van der Waals surface area contributed by atoms with Gasteiger partial charge in [0.25, 0.3) is 6.47 Å². The molecule has 0 N–H and O–H groups in total. The Labute approximate surface area is 78.6 Å². The summed E-state index contributed by atoms with van der Waals surface area (Å²) in [6, 6.07) is 0. The van der Waals surface area contributed by atoms with Gasteiger partial charge in [-0.3, -0.25) is 4.79 Å². The molecule has 2 bridgehead atoms. The van der Waals surface area contributed by atoms with Crippen LogP contribution in [0.5, 0.6) is 0 Å². The maximum atomic E-state index is 10.3. The topological polar surface area (TPSA) is 26.3 Å². The molecule has 3 rings (SSSR count). The van der Waals surface area contributed by atoms with E-state index in [-0.39, 0.29) is 6.10 Å². The number of ether oxygens (including phenoxy) is 1. The minimum absolute atomic E-state index is 0.279. The quantitative estimate of drug-likeness (QED) is 0.607. The summed E-state index contributed by atoms with van der Waals surface area (Å²) in [6.07, 6.45) is 7.03. The molecule has 0 aliphatic heterocycles. The molecular formula is C11H16O2. The molecule has 0 radical (unpaired) electrons. The number of fused-ring (bicyclic) bond motifs is 5. The van der Waals surface area contributed by atoms with Gasteiger partial charge in [-0.25, -0.2) is 0 Å². The van der Waals surface area contributed by atoms with Crippen LogP contribution in [0, 0.1) is 23.7 Å². The number of carbonyl (C=O) groups is 1. The van der Waals surface area contributed by atoms with Crippen molar-refractivity contribution in [2.75, 3.05) is 0 Å². The summed E-state index contributed by atoms with van der Waals surface area (Å²) >= 11 is 0. The van der Waals surface area contributed by atoms with Crippen molar-refractivity contribution < 1.29 is 9.53 Å². The molecular weight excluding hydrogens is 164 g/mol. The lowest BCUT2D eigenvalue weighted by Crippen LogP contribution is -2.29. The van der Waals surface area contributed by atoms with E-state index in [2.05, 4.69) is 0 Å². The molecule has 0 heterocycles. The lowest BCUT2D eigenvalue weighted by molar-refractivity contribution is -0.137. The Balaban J connectivity index is 1.77. The van der Waals surface area contributed by atoms with Crippen molar-refractivity contribution >= 4 is 6.47 Å². The number of hydrogen-bond acceptors (Lipinski definition) is 2. The predicted molar refractivity (Wildman–Crippen MR) is 48.0 cm³/mol. The molecule has 0 spiro atoms.